The first-order valence-corrected chi connectivity index (χ1v) is 9.09. The van der Waals surface area contributed by atoms with E-state index in [9.17, 15) is 19.2 Å². The summed E-state index contributed by atoms with van der Waals surface area (Å²) in [6.45, 7) is 7.05. The van der Waals surface area contributed by atoms with Crippen molar-refractivity contribution in [2.75, 3.05) is 19.6 Å². The van der Waals surface area contributed by atoms with Crippen LogP contribution in [0, 0.1) is 0 Å². The Hall–Kier alpha value is -2.20. The fourth-order valence-electron chi connectivity index (χ4n) is 1.99. The molecular formula is C17H33N5O5. The molecule has 27 heavy (non-hydrogen) atoms. The molecule has 0 spiro atoms. The van der Waals surface area contributed by atoms with Gasteiger partial charge < -0.3 is 21.1 Å². The number of ketones is 1. The topological polar surface area (TPSA) is 152 Å². The number of alkyl carbamates (subject to hydrolysis) is 1. The van der Waals surface area contributed by atoms with E-state index in [1.165, 1.54) is 0 Å². The van der Waals surface area contributed by atoms with Gasteiger partial charge in [0, 0.05) is 6.42 Å². The first-order chi connectivity index (χ1) is 12.6. The van der Waals surface area contributed by atoms with Gasteiger partial charge in [-0.25, -0.2) is 10.2 Å². The number of nitrogens with two attached hydrogens (primary N) is 1. The predicted molar refractivity (Wildman–Crippen MR) is 101 cm³/mol. The van der Waals surface area contributed by atoms with Gasteiger partial charge >= 0.3 is 6.09 Å². The van der Waals surface area contributed by atoms with Gasteiger partial charge in [-0.1, -0.05) is 6.92 Å². The lowest BCUT2D eigenvalue weighted by atomic mass is 10.1. The van der Waals surface area contributed by atoms with Crippen molar-refractivity contribution in [3.05, 3.63) is 0 Å². The number of Topliss-reactive ketones (excluding diaryl/α,β-unsaturated/α-hetero) is 1. The van der Waals surface area contributed by atoms with Crippen LogP contribution in [0.25, 0.3) is 0 Å². The van der Waals surface area contributed by atoms with E-state index in [1.807, 2.05) is 6.92 Å². The zero-order valence-corrected chi connectivity index (χ0v) is 16.6. The smallest absolute Gasteiger partial charge is 0.408 e. The van der Waals surface area contributed by atoms with Gasteiger partial charge in [-0.3, -0.25) is 19.8 Å². The highest BCUT2D eigenvalue weighted by atomic mass is 16.6. The molecule has 0 aromatic carbocycles. The molecule has 0 saturated heterocycles. The van der Waals surface area contributed by atoms with Crippen LogP contribution in [0.5, 0.6) is 0 Å². The van der Waals surface area contributed by atoms with Crippen molar-refractivity contribution in [1.29, 1.82) is 0 Å². The average Bonchev–Trinajstić information content (AvgIpc) is 2.55. The molecular weight excluding hydrogens is 354 g/mol. The molecule has 10 heteroatoms. The lowest BCUT2D eigenvalue weighted by molar-refractivity contribution is -0.129. The van der Waals surface area contributed by atoms with Gasteiger partial charge in [0.2, 0.25) is 5.91 Å². The van der Waals surface area contributed by atoms with Crippen LogP contribution in [0.15, 0.2) is 0 Å². The quantitative estimate of drug-likeness (QED) is 0.289. The fraction of sp³-hybridized carbons (Fsp3) is 0.765. The summed E-state index contributed by atoms with van der Waals surface area (Å²) in [6, 6.07) is -0.838. The molecule has 6 N–H and O–H groups in total. The molecule has 0 saturated carbocycles. The van der Waals surface area contributed by atoms with E-state index >= 15 is 0 Å². The van der Waals surface area contributed by atoms with Crippen molar-refractivity contribution < 1.29 is 23.9 Å². The van der Waals surface area contributed by atoms with E-state index in [-0.39, 0.29) is 18.9 Å². The SMILES string of the molecule is CCCC(=O)CNNC(=O)C(CCCN)NC(=O)CNC(=O)OC(C)(C)C. The minimum Gasteiger partial charge on any atom is -0.444 e. The zero-order valence-electron chi connectivity index (χ0n) is 16.6. The van der Waals surface area contributed by atoms with Crippen molar-refractivity contribution in [2.24, 2.45) is 5.73 Å². The molecule has 1 atom stereocenters. The summed E-state index contributed by atoms with van der Waals surface area (Å²) in [5.41, 5.74) is 9.74. The molecule has 0 fully saturated rings. The number of amides is 3. The maximum absolute atomic E-state index is 12.2. The lowest BCUT2D eigenvalue weighted by Crippen LogP contribution is -2.53. The van der Waals surface area contributed by atoms with Crippen LogP contribution in [0.4, 0.5) is 4.79 Å². The maximum Gasteiger partial charge on any atom is 0.408 e. The molecule has 0 aliphatic heterocycles. The number of hydrogen-bond acceptors (Lipinski definition) is 7. The van der Waals surface area contributed by atoms with Gasteiger partial charge in [0.25, 0.3) is 5.91 Å². The number of hydrogen-bond donors (Lipinski definition) is 5. The minimum atomic E-state index is -0.838. The Morgan fingerprint density at radius 3 is 2.33 bits per heavy atom. The van der Waals surface area contributed by atoms with Gasteiger partial charge in [-0.05, 0) is 46.6 Å². The lowest BCUT2D eigenvalue weighted by Gasteiger charge is -2.21. The van der Waals surface area contributed by atoms with E-state index in [0.29, 0.717) is 25.8 Å². The number of nitrogens with one attached hydrogen (secondary N) is 4. The fourth-order valence-corrected chi connectivity index (χ4v) is 1.99. The Morgan fingerprint density at radius 1 is 1.11 bits per heavy atom. The van der Waals surface area contributed by atoms with Crippen molar-refractivity contribution in [3.8, 4) is 0 Å². The van der Waals surface area contributed by atoms with Crippen LogP contribution in [-0.4, -0.2) is 55.0 Å². The van der Waals surface area contributed by atoms with E-state index < -0.39 is 29.6 Å². The highest BCUT2D eigenvalue weighted by Gasteiger charge is 2.21. The molecule has 1 unspecified atom stereocenters. The van der Waals surface area contributed by atoms with Crippen molar-refractivity contribution in [2.45, 2.75) is 65.0 Å². The molecule has 0 rings (SSSR count). The Labute approximate surface area is 160 Å². The first-order valence-electron chi connectivity index (χ1n) is 9.09. The largest absolute Gasteiger partial charge is 0.444 e. The van der Waals surface area contributed by atoms with E-state index in [2.05, 4.69) is 21.5 Å². The third kappa shape index (κ3) is 13.6. The second kappa shape index (κ2) is 13.0. The molecule has 0 heterocycles. The summed E-state index contributed by atoms with van der Waals surface area (Å²) in [5, 5.41) is 4.85. The van der Waals surface area contributed by atoms with E-state index in [0.717, 1.165) is 6.42 Å². The number of carbonyl (C=O) groups excluding carboxylic acids is 4. The first kappa shape index (κ1) is 24.8. The highest BCUT2D eigenvalue weighted by molar-refractivity contribution is 5.89. The van der Waals surface area contributed by atoms with Gasteiger partial charge in [0.15, 0.2) is 0 Å². The Bertz CT molecular complexity index is 504. The van der Waals surface area contributed by atoms with Gasteiger partial charge in [-0.2, -0.15) is 0 Å². The summed E-state index contributed by atoms with van der Waals surface area (Å²) >= 11 is 0. The van der Waals surface area contributed by atoms with E-state index in [1.54, 1.807) is 20.8 Å². The molecule has 0 aliphatic rings. The van der Waals surface area contributed by atoms with Crippen molar-refractivity contribution >= 4 is 23.7 Å². The summed E-state index contributed by atoms with van der Waals surface area (Å²) in [5.74, 6) is -1.06. The summed E-state index contributed by atoms with van der Waals surface area (Å²) in [6.07, 6.45) is 1.27. The Balaban J connectivity index is 4.44. The molecule has 0 radical (unpaired) electrons. The third-order valence-electron chi connectivity index (χ3n) is 3.17. The number of ether oxygens (including phenoxy) is 1. The second-order valence-electron chi connectivity index (χ2n) is 7.04. The number of rotatable bonds is 12. The standard InChI is InChI=1S/C17H33N5O5/c1-5-7-12(23)10-20-22-15(25)13(8-6-9-18)21-14(24)11-19-16(26)27-17(2,3)4/h13,20H,5-11,18H2,1-4H3,(H,19,26)(H,21,24)(H,22,25). The van der Waals surface area contributed by atoms with Crippen LogP contribution in [-0.2, 0) is 19.1 Å². The molecule has 0 bridgehead atoms. The van der Waals surface area contributed by atoms with Crippen LogP contribution in [0.1, 0.15) is 53.4 Å². The molecule has 0 aromatic rings. The monoisotopic (exact) mass is 387 g/mol. The van der Waals surface area contributed by atoms with Crippen LogP contribution in [0.3, 0.4) is 0 Å². The summed E-state index contributed by atoms with van der Waals surface area (Å²) < 4.78 is 5.03. The normalized spacial score (nSPS) is 12.0. The van der Waals surface area contributed by atoms with Crippen LogP contribution in [0.2, 0.25) is 0 Å². The number of hydrazine groups is 1. The predicted octanol–water partition coefficient (Wildman–Crippen LogP) is -0.275. The minimum absolute atomic E-state index is 0.0112. The molecule has 0 aromatic heterocycles. The summed E-state index contributed by atoms with van der Waals surface area (Å²) in [7, 11) is 0. The third-order valence-corrected chi connectivity index (χ3v) is 3.17. The van der Waals surface area contributed by atoms with Crippen molar-refractivity contribution in [1.82, 2.24) is 21.5 Å². The highest BCUT2D eigenvalue weighted by Crippen LogP contribution is 2.06. The molecule has 156 valence electrons. The zero-order chi connectivity index (χ0) is 20.9. The average molecular weight is 387 g/mol. The van der Waals surface area contributed by atoms with E-state index in [4.69, 9.17) is 10.5 Å². The van der Waals surface area contributed by atoms with Gasteiger partial charge in [-0.15, -0.1) is 0 Å². The Morgan fingerprint density at radius 2 is 1.78 bits per heavy atom. The van der Waals surface area contributed by atoms with Gasteiger partial charge in [0.1, 0.15) is 24.0 Å². The molecule has 3 amide bonds. The summed E-state index contributed by atoms with van der Waals surface area (Å²) in [4.78, 5) is 47.2. The van der Waals surface area contributed by atoms with Crippen LogP contribution >= 0.6 is 0 Å². The second-order valence-corrected chi connectivity index (χ2v) is 7.04. The number of carbonyl (C=O) groups is 4. The van der Waals surface area contributed by atoms with Gasteiger partial charge in [0.05, 0.1) is 6.54 Å². The van der Waals surface area contributed by atoms with Crippen molar-refractivity contribution in [3.63, 3.8) is 0 Å². The molecule has 10 nitrogen and oxygen atoms in total. The maximum atomic E-state index is 12.2. The molecule has 0 aliphatic carbocycles. The van der Waals surface area contributed by atoms with Crippen LogP contribution < -0.4 is 27.2 Å². The Kier molecular flexibility index (Phi) is 12.0.